The third-order valence-electron chi connectivity index (χ3n) is 3.15. The number of anilines is 1. The molecule has 102 valence electrons. The van der Waals surface area contributed by atoms with E-state index in [4.69, 9.17) is 4.74 Å². The molecule has 0 radical (unpaired) electrons. The molecule has 0 aromatic heterocycles. The van der Waals surface area contributed by atoms with Crippen LogP contribution in [0, 0.1) is 0 Å². The van der Waals surface area contributed by atoms with Gasteiger partial charge < -0.3 is 15.0 Å². The van der Waals surface area contributed by atoms with Crippen LogP contribution in [0.15, 0.2) is 48.7 Å². The third-order valence-corrected chi connectivity index (χ3v) is 3.15. The number of allylic oxidation sites excluding steroid dienone is 2. The molecule has 1 aliphatic rings. The van der Waals surface area contributed by atoms with Crippen molar-refractivity contribution in [2.45, 2.75) is 12.8 Å². The number of nitrogens with zero attached hydrogens (tertiary/aromatic N) is 1. The van der Waals surface area contributed by atoms with Gasteiger partial charge in [0, 0.05) is 31.9 Å². The number of nitrogens with one attached hydrogen (secondary N) is 1. The fourth-order valence-corrected chi connectivity index (χ4v) is 2.18. The molecule has 1 aromatic rings. The molecule has 0 spiro atoms. The summed E-state index contributed by atoms with van der Waals surface area (Å²) in [6.45, 7) is 2.92. The molecule has 1 saturated heterocycles. The fourth-order valence-electron chi connectivity index (χ4n) is 2.18. The Hall–Kier alpha value is -1.90. The molecule has 1 N–H and O–H groups in total. The summed E-state index contributed by atoms with van der Waals surface area (Å²) >= 11 is 0. The Bertz CT molecular complexity index is 434. The van der Waals surface area contributed by atoms with E-state index in [9.17, 15) is 0 Å². The number of rotatable bonds is 6. The van der Waals surface area contributed by atoms with Crippen LogP contribution in [0.25, 0.3) is 0 Å². The zero-order valence-electron chi connectivity index (χ0n) is 11.5. The summed E-state index contributed by atoms with van der Waals surface area (Å²) in [5, 5.41) is 2.94. The second-order valence-electron chi connectivity index (χ2n) is 4.58. The van der Waals surface area contributed by atoms with E-state index in [1.165, 1.54) is 18.5 Å². The van der Waals surface area contributed by atoms with Gasteiger partial charge in [-0.25, -0.2) is 0 Å². The first-order valence-electron chi connectivity index (χ1n) is 6.87. The molecule has 0 unspecified atom stereocenters. The van der Waals surface area contributed by atoms with E-state index in [0.29, 0.717) is 6.61 Å². The van der Waals surface area contributed by atoms with Crippen molar-refractivity contribution in [1.29, 1.82) is 0 Å². The maximum Gasteiger partial charge on any atom is 0.121 e. The Labute approximate surface area is 115 Å². The van der Waals surface area contributed by atoms with Crippen molar-refractivity contribution in [3.63, 3.8) is 0 Å². The molecule has 1 fully saturated rings. The van der Waals surface area contributed by atoms with Crippen molar-refractivity contribution in [1.82, 2.24) is 5.32 Å². The smallest absolute Gasteiger partial charge is 0.121 e. The molecule has 2 rings (SSSR count). The molecular formula is C16H22N2O. The molecule has 1 aliphatic heterocycles. The second kappa shape index (κ2) is 7.52. The molecule has 0 aliphatic carbocycles. The van der Waals surface area contributed by atoms with Crippen LogP contribution in [0.2, 0.25) is 0 Å². The lowest BCUT2D eigenvalue weighted by molar-refractivity contribution is 0.363. The quantitative estimate of drug-likeness (QED) is 0.794. The first kappa shape index (κ1) is 13.5. The van der Waals surface area contributed by atoms with Crippen LogP contribution in [0.5, 0.6) is 5.75 Å². The van der Waals surface area contributed by atoms with Gasteiger partial charge in [-0.1, -0.05) is 12.1 Å². The average molecular weight is 258 g/mol. The summed E-state index contributed by atoms with van der Waals surface area (Å²) in [6, 6.07) is 8.36. The predicted octanol–water partition coefficient (Wildman–Crippen LogP) is 2.95. The Kier molecular flexibility index (Phi) is 5.35. The van der Waals surface area contributed by atoms with Crippen LogP contribution < -0.4 is 15.0 Å². The first-order chi connectivity index (χ1) is 9.40. The van der Waals surface area contributed by atoms with Gasteiger partial charge in [-0.15, -0.1) is 0 Å². The van der Waals surface area contributed by atoms with Crippen molar-refractivity contribution >= 4 is 5.69 Å². The van der Waals surface area contributed by atoms with Crippen LogP contribution in [0.4, 0.5) is 5.69 Å². The lowest BCUT2D eigenvalue weighted by Gasteiger charge is -2.18. The summed E-state index contributed by atoms with van der Waals surface area (Å²) in [5.74, 6) is 0.937. The van der Waals surface area contributed by atoms with Crippen molar-refractivity contribution in [2.24, 2.45) is 0 Å². The maximum atomic E-state index is 5.72. The fraction of sp³-hybridized carbons (Fsp3) is 0.375. The number of ether oxygens (including phenoxy) is 1. The molecule has 0 atom stereocenters. The van der Waals surface area contributed by atoms with Gasteiger partial charge in [-0.3, -0.25) is 0 Å². The number of hydrogen-bond acceptors (Lipinski definition) is 3. The first-order valence-corrected chi connectivity index (χ1v) is 6.87. The minimum Gasteiger partial charge on any atom is -0.489 e. The van der Waals surface area contributed by atoms with Crippen LogP contribution in [-0.2, 0) is 0 Å². The molecule has 3 nitrogen and oxygen atoms in total. The third kappa shape index (κ3) is 4.36. The molecule has 1 aromatic carbocycles. The topological polar surface area (TPSA) is 24.5 Å². The Morgan fingerprint density at radius 1 is 1.26 bits per heavy atom. The molecule has 3 heteroatoms. The van der Waals surface area contributed by atoms with Crippen molar-refractivity contribution in [2.75, 3.05) is 31.6 Å². The van der Waals surface area contributed by atoms with Gasteiger partial charge in [0.15, 0.2) is 0 Å². The van der Waals surface area contributed by atoms with E-state index < -0.39 is 0 Å². The van der Waals surface area contributed by atoms with E-state index in [0.717, 1.165) is 18.8 Å². The summed E-state index contributed by atoms with van der Waals surface area (Å²) in [4.78, 5) is 2.42. The highest BCUT2D eigenvalue weighted by Gasteiger charge is 2.12. The van der Waals surface area contributed by atoms with Gasteiger partial charge in [0.25, 0.3) is 0 Å². The predicted molar refractivity (Wildman–Crippen MR) is 80.7 cm³/mol. The van der Waals surface area contributed by atoms with Gasteiger partial charge in [0.1, 0.15) is 12.4 Å². The van der Waals surface area contributed by atoms with Crippen molar-refractivity contribution in [3.8, 4) is 5.75 Å². The zero-order valence-corrected chi connectivity index (χ0v) is 11.5. The lowest BCUT2D eigenvalue weighted by atomic mass is 10.3. The Morgan fingerprint density at radius 3 is 2.89 bits per heavy atom. The number of hydrogen-bond donors (Lipinski definition) is 1. The summed E-state index contributed by atoms with van der Waals surface area (Å²) in [7, 11) is 1.88. The van der Waals surface area contributed by atoms with Crippen molar-refractivity contribution < 1.29 is 4.74 Å². The standard InChI is InChI=1S/C16H22N2O/c1-17-10-3-2-6-13-19-16-9-7-8-15(14-16)18-11-4-5-12-18/h2-3,6-10,14,17H,4-5,11-13H2,1H3/b6-2-,10-3-. The Morgan fingerprint density at radius 2 is 2.11 bits per heavy atom. The molecule has 1 heterocycles. The Balaban J connectivity index is 1.85. The summed E-state index contributed by atoms with van der Waals surface area (Å²) in [6.07, 6.45) is 10.4. The largest absolute Gasteiger partial charge is 0.489 e. The van der Waals surface area contributed by atoms with Gasteiger partial charge in [-0.05, 0) is 43.3 Å². The van der Waals surface area contributed by atoms with E-state index in [1.807, 2.05) is 37.5 Å². The minimum atomic E-state index is 0.595. The summed E-state index contributed by atoms with van der Waals surface area (Å²) < 4.78 is 5.72. The van der Waals surface area contributed by atoms with E-state index in [2.05, 4.69) is 28.4 Å². The monoisotopic (exact) mass is 258 g/mol. The highest BCUT2D eigenvalue weighted by molar-refractivity contribution is 5.51. The normalized spacial score (nSPS) is 15.5. The minimum absolute atomic E-state index is 0.595. The molecule has 0 amide bonds. The van der Waals surface area contributed by atoms with E-state index >= 15 is 0 Å². The van der Waals surface area contributed by atoms with Crippen LogP contribution in [-0.4, -0.2) is 26.7 Å². The van der Waals surface area contributed by atoms with Crippen LogP contribution >= 0.6 is 0 Å². The van der Waals surface area contributed by atoms with E-state index in [1.54, 1.807) is 0 Å². The van der Waals surface area contributed by atoms with Gasteiger partial charge in [0.2, 0.25) is 0 Å². The second-order valence-corrected chi connectivity index (χ2v) is 4.58. The highest BCUT2D eigenvalue weighted by atomic mass is 16.5. The zero-order chi connectivity index (χ0) is 13.3. The van der Waals surface area contributed by atoms with Gasteiger partial charge >= 0.3 is 0 Å². The van der Waals surface area contributed by atoms with Crippen LogP contribution in [0.1, 0.15) is 12.8 Å². The lowest BCUT2D eigenvalue weighted by Crippen LogP contribution is -2.17. The van der Waals surface area contributed by atoms with Gasteiger partial charge in [0.05, 0.1) is 0 Å². The molecular weight excluding hydrogens is 236 g/mol. The van der Waals surface area contributed by atoms with Crippen LogP contribution in [0.3, 0.4) is 0 Å². The van der Waals surface area contributed by atoms with E-state index in [-0.39, 0.29) is 0 Å². The summed E-state index contributed by atoms with van der Waals surface area (Å²) in [5.41, 5.74) is 1.27. The molecule has 0 bridgehead atoms. The molecule has 19 heavy (non-hydrogen) atoms. The maximum absolute atomic E-state index is 5.72. The van der Waals surface area contributed by atoms with Crippen molar-refractivity contribution in [3.05, 3.63) is 48.7 Å². The molecule has 0 saturated carbocycles. The highest BCUT2D eigenvalue weighted by Crippen LogP contribution is 2.24. The SMILES string of the molecule is CN/C=C\C=C/COc1cccc(N2CCCC2)c1. The van der Waals surface area contributed by atoms with Gasteiger partial charge in [-0.2, -0.15) is 0 Å². The average Bonchev–Trinajstić information content (AvgIpc) is 2.97. The number of benzene rings is 1.